The van der Waals surface area contributed by atoms with Crippen molar-refractivity contribution in [2.24, 2.45) is 0 Å². The van der Waals surface area contributed by atoms with Crippen LogP contribution in [0.15, 0.2) is 18.2 Å². The van der Waals surface area contributed by atoms with Crippen molar-refractivity contribution in [2.75, 3.05) is 0 Å². The Morgan fingerprint density at radius 2 is 2.15 bits per heavy atom. The second-order valence-corrected chi connectivity index (χ2v) is 2.33. The Labute approximate surface area is 73.0 Å². The van der Waals surface area contributed by atoms with Crippen LogP contribution in [0.5, 0.6) is 0 Å². The van der Waals surface area contributed by atoms with Crippen molar-refractivity contribution >= 4 is 17.9 Å². The lowest BCUT2D eigenvalue weighted by Gasteiger charge is -1.93. The maximum atomic E-state index is 10.5. The minimum atomic E-state index is -1.14. The van der Waals surface area contributed by atoms with Crippen LogP contribution in [0, 0.1) is 4.91 Å². The van der Waals surface area contributed by atoms with Crippen molar-refractivity contribution in [3.05, 3.63) is 34.2 Å². The molecular formula is C8H6NO4+. The summed E-state index contributed by atoms with van der Waals surface area (Å²) in [6.07, 6.45) is 0.423. The van der Waals surface area contributed by atoms with Crippen LogP contribution in [0.1, 0.15) is 20.7 Å². The van der Waals surface area contributed by atoms with Crippen LogP contribution in [-0.4, -0.2) is 17.4 Å². The monoisotopic (exact) mass is 180 g/mol. The molecule has 0 spiro atoms. The smallest absolute Gasteiger partial charge is 0.335 e. The van der Waals surface area contributed by atoms with Crippen molar-refractivity contribution in [2.45, 2.75) is 0 Å². The van der Waals surface area contributed by atoms with E-state index in [4.69, 9.17) is 5.11 Å². The van der Waals surface area contributed by atoms with Crippen LogP contribution in [0.2, 0.25) is 0 Å². The first-order chi connectivity index (χ1) is 6.19. The Balaban J connectivity index is 3.28. The Bertz CT molecular complexity index is 372. The van der Waals surface area contributed by atoms with Gasteiger partial charge in [-0.3, -0.25) is 4.79 Å². The van der Waals surface area contributed by atoms with Crippen LogP contribution in [0.25, 0.3) is 0 Å². The SMILES string of the molecule is O=Cc1cc(C(=O)O)ccc1[NH+]=O. The highest BCUT2D eigenvalue weighted by Crippen LogP contribution is 2.10. The molecule has 1 rings (SSSR count). The third kappa shape index (κ3) is 1.76. The molecule has 0 unspecified atom stereocenters. The standard InChI is InChI=1S/C8H5NO4/c10-4-6-3-5(8(11)12)1-2-7(6)9-13/h1-4H,(H,11,12)/p+1. The summed E-state index contributed by atoms with van der Waals surface area (Å²) < 4.78 is 0. The van der Waals surface area contributed by atoms with Crippen molar-refractivity contribution in [3.63, 3.8) is 0 Å². The molecule has 0 aliphatic rings. The average molecular weight is 180 g/mol. The molecule has 0 aliphatic heterocycles. The Morgan fingerprint density at radius 1 is 1.46 bits per heavy atom. The molecule has 1 aromatic carbocycles. The van der Waals surface area contributed by atoms with E-state index in [9.17, 15) is 14.5 Å². The van der Waals surface area contributed by atoms with Gasteiger partial charge in [-0.05, 0) is 12.1 Å². The maximum absolute atomic E-state index is 10.5. The molecule has 0 aliphatic carbocycles. The molecule has 5 nitrogen and oxygen atoms in total. The highest BCUT2D eigenvalue weighted by Gasteiger charge is 2.11. The molecule has 13 heavy (non-hydrogen) atoms. The molecule has 66 valence electrons. The van der Waals surface area contributed by atoms with Gasteiger partial charge in [-0.25, -0.2) is 4.79 Å². The number of carboxylic acid groups (broad SMARTS) is 1. The number of nitroso groups, excluding NO2 is 1. The maximum Gasteiger partial charge on any atom is 0.335 e. The predicted molar refractivity (Wildman–Crippen MR) is 42.8 cm³/mol. The molecule has 2 N–H and O–H groups in total. The van der Waals surface area contributed by atoms with Gasteiger partial charge in [0.15, 0.2) is 6.29 Å². The fourth-order valence-electron chi connectivity index (χ4n) is 0.886. The lowest BCUT2D eigenvalue weighted by molar-refractivity contribution is -0.379. The number of hydrogen-bond donors (Lipinski definition) is 2. The number of carbonyl (C=O) groups excluding carboxylic acids is 1. The van der Waals surface area contributed by atoms with Gasteiger partial charge >= 0.3 is 5.97 Å². The van der Waals surface area contributed by atoms with E-state index in [1.165, 1.54) is 17.3 Å². The summed E-state index contributed by atoms with van der Waals surface area (Å²) in [5, 5.41) is 10.1. The van der Waals surface area contributed by atoms with E-state index >= 15 is 0 Å². The number of benzene rings is 1. The topological polar surface area (TPSA) is 85.4 Å². The molecule has 1 aromatic rings. The van der Waals surface area contributed by atoms with Gasteiger partial charge in [0.2, 0.25) is 0 Å². The molecule has 0 fully saturated rings. The highest BCUT2D eigenvalue weighted by atomic mass is 16.4. The van der Waals surface area contributed by atoms with Gasteiger partial charge in [-0.1, -0.05) is 0 Å². The summed E-state index contributed by atoms with van der Waals surface area (Å²) >= 11 is 0. The second kappa shape index (κ2) is 3.57. The highest BCUT2D eigenvalue weighted by molar-refractivity contribution is 5.92. The number of aromatic carboxylic acids is 1. The molecule has 5 heteroatoms. The van der Waals surface area contributed by atoms with E-state index in [1.807, 2.05) is 0 Å². The summed E-state index contributed by atoms with van der Waals surface area (Å²) in [5.41, 5.74) is 0.0796. The third-order valence-corrected chi connectivity index (χ3v) is 1.54. The largest absolute Gasteiger partial charge is 0.478 e. The molecule has 0 heterocycles. The molecule has 0 atom stereocenters. The molecule has 0 saturated carbocycles. The van der Waals surface area contributed by atoms with Crippen molar-refractivity contribution in [1.82, 2.24) is 0 Å². The van der Waals surface area contributed by atoms with E-state index in [0.29, 0.717) is 6.29 Å². The second-order valence-electron chi connectivity index (χ2n) is 2.33. The van der Waals surface area contributed by atoms with Crippen LogP contribution >= 0.6 is 0 Å². The van der Waals surface area contributed by atoms with E-state index in [-0.39, 0.29) is 16.8 Å². The lowest BCUT2D eigenvalue weighted by atomic mass is 10.1. The summed E-state index contributed by atoms with van der Waals surface area (Å²) in [6, 6.07) is 3.63. The van der Waals surface area contributed by atoms with Crippen LogP contribution in [0.3, 0.4) is 0 Å². The number of hydrogen-bond acceptors (Lipinski definition) is 3. The minimum absolute atomic E-state index is 0.0268. The van der Waals surface area contributed by atoms with Crippen molar-refractivity contribution < 1.29 is 19.9 Å². The number of carbonyl (C=O) groups is 2. The zero-order chi connectivity index (χ0) is 9.84. The number of nitrogens with one attached hydrogen (secondary N) is 1. The fourth-order valence-corrected chi connectivity index (χ4v) is 0.886. The molecule has 0 saturated heterocycles. The normalized spacial score (nSPS) is 9.23. The number of aldehydes is 1. The first-order valence-electron chi connectivity index (χ1n) is 3.39. The predicted octanol–water partition coefficient (Wildman–Crippen LogP) is -0.324. The van der Waals surface area contributed by atoms with Gasteiger partial charge < -0.3 is 5.11 Å². The van der Waals surface area contributed by atoms with E-state index < -0.39 is 5.97 Å². The van der Waals surface area contributed by atoms with Gasteiger partial charge in [0.25, 0.3) is 5.69 Å². The lowest BCUT2D eigenvalue weighted by Crippen LogP contribution is -2.56. The van der Waals surface area contributed by atoms with Crippen molar-refractivity contribution in [1.29, 1.82) is 0 Å². The fraction of sp³-hybridized carbons (Fsp3) is 0. The zero-order valence-electron chi connectivity index (χ0n) is 6.48. The van der Waals surface area contributed by atoms with Gasteiger partial charge in [-0.15, -0.1) is 0 Å². The first-order valence-corrected chi connectivity index (χ1v) is 3.39. The summed E-state index contributed by atoms with van der Waals surface area (Å²) in [4.78, 5) is 31.1. The Kier molecular flexibility index (Phi) is 2.49. The molecule has 0 aromatic heterocycles. The summed E-state index contributed by atoms with van der Waals surface area (Å²) in [6.45, 7) is 0. The minimum Gasteiger partial charge on any atom is -0.478 e. The average Bonchev–Trinajstić information content (AvgIpc) is 2.16. The van der Waals surface area contributed by atoms with Crippen molar-refractivity contribution in [3.8, 4) is 0 Å². The molecule has 0 radical (unpaired) electrons. The van der Waals surface area contributed by atoms with Crippen LogP contribution in [0.4, 0.5) is 5.69 Å². The van der Waals surface area contributed by atoms with E-state index in [2.05, 4.69) is 0 Å². The third-order valence-electron chi connectivity index (χ3n) is 1.54. The molecule has 0 bridgehead atoms. The van der Waals surface area contributed by atoms with E-state index in [1.54, 1.807) is 0 Å². The van der Waals surface area contributed by atoms with Gasteiger partial charge in [0.1, 0.15) is 0 Å². The summed E-state index contributed by atoms with van der Waals surface area (Å²) in [5.74, 6) is -1.14. The van der Waals surface area contributed by atoms with Gasteiger partial charge in [-0.2, -0.15) is 0 Å². The van der Waals surface area contributed by atoms with Crippen LogP contribution < -0.4 is 5.18 Å². The Morgan fingerprint density at radius 3 is 2.62 bits per heavy atom. The zero-order valence-corrected chi connectivity index (χ0v) is 6.48. The van der Waals surface area contributed by atoms with Gasteiger partial charge in [0.05, 0.1) is 11.1 Å². The quantitative estimate of drug-likeness (QED) is 0.624. The number of rotatable bonds is 3. The molecular weight excluding hydrogens is 174 g/mol. The van der Waals surface area contributed by atoms with E-state index in [0.717, 1.165) is 6.07 Å². The summed E-state index contributed by atoms with van der Waals surface area (Å²) in [7, 11) is 0. The van der Waals surface area contributed by atoms with Crippen LogP contribution in [-0.2, 0) is 0 Å². The number of carboxylic acids is 1. The van der Waals surface area contributed by atoms with Gasteiger partial charge in [0, 0.05) is 16.2 Å². The Hall–Kier alpha value is -2.04. The first kappa shape index (κ1) is 9.05. The molecule has 0 amide bonds.